The highest BCUT2D eigenvalue weighted by atomic mass is 32.2. The summed E-state index contributed by atoms with van der Waals surface area (Å²) in [6.45, 7) is 0.864. The maximum Gasteiger partial charge on any atom is 0.252 e. The normalized spacial score (nSPS) is 14.0. The summed E-state index contributed by atoms with van der Waals surface area (Å²) in [7, 11) is 0. The van der Waals surface area contributed by atoms with Crippen LogP contribution < -0.4 is 5.32 Å². The van der Waals surface area contributed by atoms with Gasteiger partial charge in [0.05, 0.1) is 22.4 Å². The van der Waals surface area contributed by atoms with Crippen molar-refractivity contribution in [2.24, 2.45) is 0 Å². The molecule has 3 aromatic rings. The third-order valence-electron chi connectivity index (χ3n) is 4.01. The average molecular weight is 338 g/mol. The van der Waals surface area contributed by atoms with Gasteiger partial charge in [-0.25, -0.2) is 9.97 Å². The number of thioether (sulfide) groups is 1. The second-order valence-corrected chi connectivity index (χ2v) is 7.04. The van der Waals surface area contributed by atoms with Gasteiger partial charge in [0, 0.05) is 36.1 Å². The van der Waals surface area contributed by atoms with E-state index in [-0.39, 0.29) is 5.91 Å². The molecule has 1 saturated carbocycles. The molecule has 4 rings (SSSR count). The number of hydrogen-bond acceptors (Lipinski definition) is 4. The van der Waals surface area contributed by atoms with Crippen molar-refractivity contribution in [2.45, 2.75) is 30.5 Å². The predicted molar refractivity (Wildman–Crippen MR) is 95.2 cm³/mol. The van der Waals surface area contributed by atoms with Crippen LogP contribution in [0.3, 0.4) is 0 Å². The second-order valence-electron chi connectivity index (χ2n) is 5.92. The topological polar surface area (TPSA) is 59.8 Å². The number of para-hydroxylation sites is 1. The number of fused-ring (bicyclic) bond motifs is 1. The van der Waals surface area contributed by atoms with Gasteiger partial charge >= 0.3 is 0 Å². The van der Waals surface area contributed by atoms with Crippen LogP contribution in [0.25, 0.3) is 10.9 Å². The smallest absolute Gasteiger partial charge is 0.252 e. The van der Waals surface area contributed by atoms with Gasteiger partial charge in [-0.1, -0.05) is 18.2 Å². The van der Waals surface area contributed by atoms with E-state index >= 15 is 0 Å². The van der Waals surface area contributed by atoms with Crippen molar-refractivity contribution in [3.05, 3.63) is 54.6 Å². The zero-order valence-electron chi connectivity index (χ0n) is 13.2. The Morgan fingerprint density at radius 3 is 3.00 bits per heavy atom. The maximum absolute atomic E-state index is 12.6. The van der Waals surface area contributed by atoms with E-state index in [4.69, 9.17) is 0 Å². The van der Waals surface area contributed by atoms with Crippen molar-refractivity contribution in [3.8, 4) is 0 Å². The molecule has 1 fully saturated rings. The summed E-state index contributed by atoms with van der Waals surface area (Å²) in [5, 5.41) is 4.88. The van der Waals surface area contributed by atoms with Gasteiger partial charge in [0.25, 0.3) is 5.91 Å². The van der Waals surface area contributed by atoms with Crippen LogP contribution >= 0.6 is 11.8 Å². The van der Waals surface area contributed by atoms with E-state index in [1.807, 2.05) is 47.4 Å². The lowest BCUT2D eigenvalue weighted by Crippen LogP contribution is -2.25. The number of nitrogens with zero attached hydrogens (tertiary/aromatic N) is 3. The van der Waals surface area contributed by atoms with Crippen molar-refractivity contribution in [2.75, 3.05) is 5.75 Å². The van der Waals surface area contributed by atoms with Crippen LogP contribution in [0.1, 0.15) is 23.2 Å². The minimum Gasteiger partial charge on any atom is -0.349 e. The van der Waals surface area contributed by atoms with Crippen LogP contribution in [-0.2, 0) is 6.54 Å². The summed E-state index contributed by atoms with van der Waals surface area (Å²) < 4.78 is 2.04. The number of pyridine rings is 1. The highest BCUT2D eigenvalue weighted by Crippen LogP contribution is 2.26. The molecule has 1 aromatic carbocycles. The van der Waals surface area contributed by atoms with Gasteiger partial charge in [0.2, 0.25) is 0 Å². The molecular formula is C18H18N4OS. The molecule has 0 atom stereocenters. The molecule has 0 aliphatic heterocycles. The number of benzene rings is 1. The Balaban J connectivity index is 1.57. The van der Waals surface area contributed by atoms with Crippen molar-refractivity contribution in [1.82, 2.24) is 19.9 Å². The van der Waals surface area contributed by atoms with Gasteiger partial charge in [-0.2, -0.15) is 0 Å². The summed E-state index contributed by atoms with van der Waals surface area (Å²) in [4.78, 5) is 21.3. The molecule has 0 bridgehead atoms. The fourth-order valence-electron chi connectivity index (χ4n) is 2.58. The monoisotopic (exact) mass is 338 g/mol. The number of carbonyl (C=O) groups excluding carboxylic acids is 1. The molecule has 0 spiro atoms. The number of aromatic nitrogens is 3. The first kappa shape index (κ1) is 15.2. The number of amides is 1. The Morgan fingerprint density at radius 2 is 2.21 bits per heavy atom. The van der Waals surface area contributed by atoms with E-state index in [9.17, 15) is 4.79 Å². The Hall–Kier alpha value is -2.34. The molecule has 1 aliphatic rings. The molecule has 2 aromatic heterocycles. The fourth-order valence-corrected chi connectivity index (χ4v) is 3.45. The van der Waals surface area contributed by atoms with Gasteiger partial charge in [-0.15, -0.1) is 11.8 Å². The summed E-state index contributed by atoms with van der Waals surface area (Å²) in [6, 6.07) is 10.1. The summed E-state index contributed by atoms with van der Waals surface area (Å²) >= 11 is 1.66. The quantitative estimate of drug-likeness (QED) is 0.702. The molecule has 6 heteroatoms. The van der Waals surface area contributed by atoms with Crippen molar-refractivity contribution in [1.29, 1.82) is 0 Å². The number of hydrogen-bond donors (Lipinski definition) is 1. The van der Waals surface area contributed by atoms with Gasteiger partial charge in [-0.3, -0.25) is 4.79 Å². The van der Waals surface area contributed by atoms with Crippen LogP contribution in [0.4, 0.5) is 0 Å². The molecule has 0 saturated heterocycles. The number of aryl methyl sites for hydroxylation is 1. The largest absolute Gasteiger partial charge is 0.349 e. The Labute approximate surface area is 144 Å². The third kappa shape index (κ3) is 3.43. The molecule has 1 amide bonds. The van der Waals surface area contributed by atoms with Crippen molar-refractivity contribution >= 4 is 28.6 Å². The lowest BCUT2D eigenvalue weighted by atomic mass is 10.1. The number of nitrogens with one attached hydrogen (secondary N) is 1. The molecule has 1 aliphatic carbocycles. The summed E-state index contributed by atoms with van der Waals surface area (Å²) in [5.74, 6) is 0.887. The fraction of sp³-hybridized carbons (Fsp3) is 0.278. The lowest BCUT2D eigenvalue weighted by molar-refractivity contribution is 0.0952. The molecule has 1 N–H and O–H groups in total. The van der Waals surface area contributed by atoms with Gasteiger partial charge in [-0.05, 0) is 25.0 Å². The van der Waals surface area contributed by atoms with Gasteiger partial charge in [0.1, 0.15) is 0 Å². The average Bonchev–Trinajstić information content (AvgIpc) is 3.26. The SMILES string of the molecule is O=C(NC1CC1)c1cc(SCCn2ccnc2)nc2ccccc12. The zero-order chi connectivity index (χ0) is 16.4. The highest BCUT2D eigenvalue weighted by Gasteiger charge is 2.25. The third-order valence-corrected chi connectivity index (χ3v) is 4.90. The molecular weight excluding hydrogens is 320 g/mol. The van der Waals surface area contributed by atoms with Crippen molar-refractivity contribution < 1.29 is 4.79 Å². The van der Waals surface area contributed by atoms with Crippen LogP contribution in [0.5, 0.6) is 0 Å². The molecule has 122 valence electrons. The molecule has 24 heavy (non-hydrogen) atoms. The van der Waals surface area contributed by atoms with E-state index in [1.54, 1.807) is 18.0 Å². The Morgan fingerprint density at radius 1 is 1.33 bits per heavy atom. The summed E-state index contributed by atoms with van der Waals surface area (Å²) in [6.07, 6.45) is 7.70. The van der Waals surface area contributed by atoms with E-state index in [0.717, 1.165) is 46.6 Å². The van der Waals surface area contributed by atoms with Crippen LogP contribution in [0.15, 0.2) is 54.1 Å². The molecule has 0 radical (unpaired) electrons. The van der Waals surface area contributed by atoms with E-state index < -0.39 is 0 Å². The summed E-state index contributed by atoms with van der Waals surface area (Å²) in [5.41, 5.74) is 1.59. The molecule has 5 nitrogen and oxygen atoms in total. The van der Waals surface area contributed by atoms with Gasteiger partial charge < -0.3 is 9.88 Å². The molecule has 0 unspecified atom stereocenters. The first-order valence-electron chi connectivity index (χ1n) is 8.09. The number of carbonyl (C=O) groups is 1. The van der Waals surface area contributed by atoms with E-state index in [0.29, 0.717) is 6.04 Å². The first-order chi connectivity index (χ1) is 11.8. The minimum absolute atomic E-state index is 0.00700. The van der Waals surface area contributed by atoms with E-state index in [1.165, 1.54) is 0 Å². The standard InChI is InChI=1S/C18H18N4OS/c23-18(20-13-5-6-13)15-11-17(21-16-4-2-1-3-14(15)16)24-10-9-22-8-7-19-12-22/h1-4,7-8,11-13H,5-6,9-10H2,(H,20,23). The van der Waals surface area contributed by atoms with Gasteiger partial charge in [0.15, 0.2) is 0 Å². The second kappa shape index (κ2) is 6.65. The maximum atomic E-state index is 12.6. The van der Waals surface area contributed by atoms with Crippen LogP contribution in [-0.4, -0.2) is 32.2 Å². The minimum atomic E-state index is 0.00700. The lowest BCUT2D eigenvalue weighted by Gasteiger charge is -2.10. The van der Waals surface area contributed by atoms with E-state index in [2.05, 4.69) is 15.3 Å². The Bertz CT molecular complexity index is 859. The van der Waals surface area contributed by atoms with Crippen LogP contribution in [0.2, 0.25) is 0 Å². The number of rotatable bonds is 6. The highest BCUT2D eigenvalue weighted by molar-refractivity contribution is 7.99. The first-order valence-corrected chi connectivity index (χ1v) is 9.07. The Kier molecular flexibility index (Phi) is 4.21. The molecule has 2 heterocycles. The zero-order valence-corrected chi connectivity index (χ0v) is 14.0. The number of imidazole rings is 1. The van der Waals surface area contributed by atoms with Crippen molar-refractivity contribution in [3.63, 3.8) is 0 Å². The van der Waals surface area contributed by atoms with Crippen LogP contribution in [0, 0.1) is 0 Å². The predicted octanol–water partition coefficient (Wildman–Crippen LogP) is 3.12.